The van der Waals surface area contributed by atoms with Crippen LogP contribution in [0.3, 0.4) is 0 Å². The van der Waals surface area contributed by atoms with Crippen molar-refractivity contribution in [2.24, 2.45) is 5.73 Å². The van der Waals surface area contributed by atoms with Gasteiger partial charge in [0.15, 0.2) is 11.6 Å². The molecule has 0 spiro atoms. The number of primary amides is 1. The molecule has 0 radical (unpaired) electrons. The lowest BCUT2D eigenvalue weighted by molar-refractivity contribution is -0.142. The van der Waals surface area contributed by atoms with Gasteiger partial charge in [0, 0.05) is 25.8 Å². The van der Waals surface area contributed by atoms with E-state index in [2.05, 4.69) is 30.2 Å². The maximum atomic E-state index is 13.8. The molecule has 3 aromatic rings. The second kappa shape index (κ2) is 10.4. The summed E-state index contributed by atoms with van der Waals surface area (Å²) < 4.78 is 46.7. The molecule has 0 bridgehead atoms. The van der Waals surface area contributed by atoms with Crippen molar-refractivity contribution in [3.05, 3.63) is 53.4 Å². The molecule has 1 aliphatic heterocycles. The Balaban J connectivity index is 1.54. The first-order chi connectivity index (χ1) is 16.7. The zero-order valence-electron chi connectivity index (χ0n) is 18.6. The monoisotopic (exact) mass is 491 g/mol. The minimum atomic E-state index is -4.96. The molecule has 2 amide bonds. The summed E-state index contributed by atoms with van der Waals surface area (Å²) in [7, 11) is 0. The molecule has 0 saturated carbocycles. The van der Waals surface area contributed by atoms with E-state index in [9.17, 15) is 22.8 Å². The molecule has 1 atom stereocenters. The van der Waals surface area contributed by atoms with Gasteiger partial charge in [-0.15, -0.1) is 0 Å². The molecule has 35 heavy (non-hydrogen) atoms. The maximum Gasteiger partial charge on any atom is 0.434 e. The van der Waals surface area contributed by atoms with Crippen molar-refractivity contribution in [1.82, 2.24) is 30.2 Å². The summed E-state index contributed by atoms with van der Waals surface area (Å²) >= 11 is 0. The number of H-pyrrole nitrogens is 1. The lowest BCUT2D eigenvalue weighted by atomic mass is 10.1. The van der Waals surface area contributed by atoms with Crippen LogP contribution < -0.4 is 11.1 Å². The van der Waals surface area contributed by atoms with E-state index in [-0.39, 0.29) is 12.4 Å². The van der Waals surface area contributed by atoms with Crippen molar-refractivity contribution < 1.29 is 27.5 Å². The van der Waals surface area contributed by atoms with Crippen molar-refractivity contribution in [2.75, 3.05) is 39.4 Å². The Kier molecular flexibility index (Phi) is 7.26. The average molecular weight is 491 g/mol. The largest absolute Gasteiger partial charge is 0.434 e. The fourth-order valence-corrected chi connectivity index (χ4v) is 3.83. The van der Waals surface area contributed by atoms with E-state index < -0.39 is 41.0 Å². The number of imidazole rings is 1. The highest BCUT2D eigenvalue weighted by Gasteiger charge is 2.39. The van der Waals surface area contributed by atoms with Gasteiger partial charge >= 0.3 is 6.18 Å². The summed E-state index contributed by atoms with van der Waals surface area (Å²) in [5.74, 6) is -3.91. The van der Waals surface area contributed by atoms with Gasteiger partial charge in [-0.3, -0.25) is 14.5 Å². The number of alkyl halides is 3. The second-order valence-corrected chi connectivity index (χ2v) is 8.03. The van der Waals surface area contributed by atoms with Crippen LogP contribution in [0.1, 0.15) is 40.0 Å². The zero-order chi connectivity index (χ0) is 25.0. The Morgan fingerprint density at radius 2 is 1.94 bits per heavy atom. The lowest BCUT2D eigenvalue weighted by Gasteiger charge is -2.26. The third-order valence-corrected chi connectivity index (χ3v) is 5.58. The van der Waals surface area contributed by atoms with Gasteiger partial charge in [0.2, 0.25) is 5.91 Å². The highest BCUT2D eigenvalue weighted by molar-refractivity contribution is 5.95. The van der Waals surface area contributed by atoms with Crippen LogP contribution in [-0.4, -0.2) is 76.0 Å². The molecule has 4 N–H and O–H groups in total. The van der Waals surface area contributed by atoms with Gasteiger partial charge in [-0.2, -0.15) is 13.2 Å². The SMILES string of the molecule is NC(=O)C(c1ncc(C(=O)NCCCN2CCOCC2)c(C(F)(F)F)n1)c1nc2ccccc2[nH]1. The van der Waals surface area contributed by atoms with E-state index in [4.69, 9.17) is 10.5 Å². The number of benzene rings is 1. The summed E-state index contributed by atoms with van der Waals surface area (Å²) in [5, 5.41) is 2.48. The smallest absolute Gasteiger partial charge is 0.379 e. The third-order valence-electron chi connectivity index (χ3n) is 5.58. The molecule has 10 nitrogen and oxygen atoms in total. The van der Waals surface area contributed by atoms with E-state index in [0.717, 1.165) is 19.3 Å². The van der Waals surface area contributed by atoms with Crippen molar-refractivity contribution >= 4 is 22.8 Å². The number of hydrogen-bond acceptors (Lipinski definition) is 7. The van der Waals surface area contributed by atoms with Crippen molar-refractivity contribution in [2.45, 2.75) is 18.5 Å². The standard InChI is InChI=1S/C22H24F3N7O3/c23-22(24,25)17-13(21(34)27-6-3-7-32-8-10-35-11-9-32)12-28-19(31-17)16(18(26)33)20-29-14-4-1-2-5-15(14)30-20/h1-2,4-5,12,16H,3,6-11H2,(H2,26,33)(H,27,34)(H,29,30). The van der Waals surface area contributed by atoms with Crippen molar-refractivity contribution in [3.8, 4) is 0 Å². The van der Waals surface area contributed by atoms with Crippen LogP contribution in [-0.2, 0) is 15.7 Å². The number of morpholine rings is 1. The third kappa shape index (κ3) is 5.74. The predicted octanol–water partition coefficient (Wildman–Crippen LogP) is 1.44. The van der Waals surface area contributed by atoms with Crippen molar-refractivity contribution in [1.29, 1.82) is 0 Å². The molecule has 1 aromatic carbocycles. The van der Waals surface area contributed by atoms with Crippen LogP contribution in [0.5, 0.6) is 0 Å². The number of nitrogens with two attached hydrogens (primary N) is 1. The maximum absolute atomic E-state index is 13.8. The van der Waals surface area contributed by atoms with Crippen molar-refractivity contribution in [3.63, 3.8) is 0 Å². The van der Waals surface area contributed by atoms with Gasteiger partial charge in [0.25, 0.3) is 5.91 Å². The fourth-order valence-electron chi connectivity index (χ4n) is 3.83. The number of aromatic nitrogens is 4. The minimum absolute atomic E-state index is 0.00661. The Morgan fingerprint density at radius 3 is 2.63 bits per heavy atom. The normalized spacial score (nSPS) is 15.7. The van der Waals surface area contributed by atoms with Crippen LogP contribution in [0.2, 0.25) is 0 Å². The first kappa shape index (κ1) is 24.5. The summed E-state index contributed by atoms with van der Waals surface area (Å²) in [6, 6.07) is 6.81. The highest BCUT2D eigenvalue weighted by Crippen LogP contribution is 2.32. The summed E-state index contributed by atoms with van der Waals surface area (Å²) in [6.45, 7) is 3.67. The number of rotatable bonds is 8. The van der Waals surface area contributed by atoms with E-state index >= 15 is 0 Å². The van der Waals surface area contributed by atoms with Crippen LogP contribution in [0.25, 0.3) is 11.0 Å². The Morgan fingerprint density at radius 1 is 1.20 bits per heavy atom. The van der Waals surface area contributed by atoms with E-state index in [0.29, 0.717) is 37.2 Å². The Labute approximate surface area is 198 Å². The second-order valence-electron chi connectivity index (χ2n) is 8.03. The van der Waals surface area contributed by atoms with Gasteiger partial charge in [-0.05, 0) is 25.1 Å². The number of nitrogens with one attached hydrogen (secondary N) is 2. The zero-order valence-corrected chi connectivity index (χ0v) is 18.6. The highest BCUT2D eigenvalue weighted by atomic mass is 19.4. The molecule has 3 heterocycles. The number of carbonyl (C=O) groups is 2. The molecule has 1 aliphatic rings. The van der Waals surface area contributed by atoms with Crippen LogP contribution in [0, 0.1) is 0 Å². The van der Waals surface area contributed by atoms with Gasteiger partial charge in [-0.25, -0.2) is 15.0 Å². The van der Waals surface area contributed by atoms with Gasteiger partial charge in [0.05, 0.1) is 29.8 Å². The van der Waals surface area contributed by atoms with E-state index in [1.54, 1.807) is 24.3 Å². The van der Waals surface area contributed by atoms with Gasteiger partial charge in [0.1, 0.15) is 11.6 Å². The molecule has 4 rings (SSSR count). The average Bonchev–Trinajstić information content (AvgIpc) is 3.25. The number of para-hydroxylation sites is 2. The number of amides is 2. The van der Waals surface area contributed by atoms with Gasteiger partial charge < -0.3 is 20.8 Å². The first-order valence-corrected chi connectivity index (χ1v) is 11.0. The number of nitrogens with zero attached hydrogens (tertiary/aromatic N) is 4. The summed E-state index contributed by atoms with van der Waals surface area (Å²) in [6.07, 6.45) is -3.64. The quantitative estimate of drug-likeness (QED) is 0.405. The van der Waals surface area contributed by atoms with Crippen LogP contribution in [0.15, 0.2) is 30.5 Å². The summed E-state index contributed by atoms with van der Waals surface area (Å²) in [4.78, 5) is 41.4. The number of fused-ring (bicyclic) bond motifs is 1. The molecule has 0 aliphatic carbocycles. The molecule has 1 saturated heterocycles. The summed E-state index contributed by atoms with van der Waals surface area (Å²) in [5.41, 5.74) is 4.35. The number of halogens is 3. The molecule has 1 unspecified atom stereocenters. The van der Waals surface area contributed by atoms with Crippen LogP contribution >= 0.6 is 0 Å². The molecule has 1 fully saturated rings. The molecule has 13 heteroatoms. The number of ether oxygens (including phenoxy) is 1. The fraction of sp³-hybridized carbons (Fsp3) is 0.409. The number of hydrogen-bond donors (Lipinski definition) is 3. The molecular weight excluding hydrogens is 467 g/mol. The number of aromatic amines is 1. The lowest BCUT2D eigenvalue weighted by Crippen LogP contribution is -2.38. The minimum Gasteiger partial charge on any atom is -0.379 e. The molecular formula is C22H24F3N7O3. The Bertz CT molecular complexity index is 1180. The molecule has 186 valence electrons. The Hall–Kier alpha value is -3.58. The molecule has 2 aromatic heterocycles. The topological polar surface area (TPSA) is 139 Å². The first-order valence-electron chi connectivity index (χ1n) is 11.0. The van der Waals surface area contributed by atoms with E-state index in [1.165, 1.54) is 0 Å². The van der Waals surface area contributed by atoms with Crippen LogP contribution in [0.4, 0.5) is 13.2 Å². The number of carbonyl (C=O) groups excluding carboxylic acids is 2. The van der Waals surface area contributed by atoms with E-state index in [1.807, 2.05) is 0 Å². The predicted molar refractivity (Wildman–Crippen MR) is 118 cm³/mol. The van der Waals surface area contributed by atoms with Gasteiger partial charge in [-0.1, -0.05) is 12.1 Å².